The molecule has 19 heavy (non-hydrogen) atoms. The Hall–Kier alpha value is -1.50. The first-order valence-electron chi connectivity index (χ1n) is 6.61. The van der Waals surface area contributed by atoms with Crippen LogP contribution in [0.2, 0.25) is 0 Å². The Morgan fingerprint density at radius 1 is 1.32 bits per heavy atom. The largest absolute Gasteiger partial charge is 0.481 e. The molecule has 1 atom stereocenters. The van der Waals surface area contributed by atoms with Crippen LogP contribution in [0.4, 0.5) is 0 Å². The minimum absolute atomic E-state index is 0.273. The number of rotatable bonds is 7. The van der Waals surface area contributed by atoms with Gasteiger partial charge in [-0.3, -0.25) is 4.90 Å². The van der Waals surface area contributed by atoms with Crippen molar-refractivity contribution < 1.29 is 9.84 Å². The van der Waals surface area contributed by atoms with E-state index >= 15 is 0 Å². The minimum atomic E-state index is -0.346. The highest BCUT2D eigenvalue weighted by atomic mass is 16.5. The molecule has 0 aliphatic carbocycles. The zero-order valence-corrected chi connectivity index (χ0v) is 12.0. The van der Waals surface area contributed by atoms with Crippen molar-refractivity contribution in [1.29, 1.82) is 0 Å². The van der Waals surface area contributed by atoms with Crippen LogP contribution >= 0.6 is 0 Å². The van der Waals surface area contributed by atoms with Crippen LogP contribution in [-0.4, -0.2) is 35.3 Å². The number of nitrogens with zero attached hydrogens (tertiary/aromatic N) is 1. The SMILES string of the molecule is C#CCOc1ccccc1CN(CC(C)O)C(C)C. The molecule has 3 heteroatoms. The third kappa shape index (κ3) is 5.34. The Labute approximate surface area is 116 Å². The molecule has 0 spiro atoms. The highest BCUT2D eigenvalue weighted by molar-refractivity contribution is 5.33. The average Bonchev–Trinajstić information content (AvgIpc) is 2.36. The molecule has 0 aromatic heterocycles. The van der Waals surface area contributed by atoms with Crippen LogP contribution in [0.3, 0.4) is 0 Å². The predicted molar refractivity (Wildman–Crippen MR) is 78.0 cm³/mol. The molecule has 0 fully saturated rings. The molecule has 0 heterocycles. The second-order valence-corrected chi connectivity index (χ2v) is 4.97. The maximum absolute atomic E-state index is 9.56. The number of aliphatic hydroxyl groups is 1. The first-order valence-corrected chi connectivity index (χ1v) is 6.61. The lowest BCUT2D eigenvalue weighted by Gasteiger charge is -2.28. The summed E-state index contributed by atoms with van der Waals surface area (Å²) in [5.74, 6) is 3.29. The molecule has 0 saturated carbocycles. The van der Waals surface area contributed by atoms with E-state index in [2.05, 4.69) is 24.7 Å². The van der Waals surface area contributed by atoms with Crippen molar-refractivity contribution in [3.63, 3.8) is 0 Å². The Balaban J connectivity index is 2.81. The molecular weight excluding hydrogens is 238 g/mol. The monoisotopic (exact) mass is 261 g/mol. The molecule has 0 aliphatic rings. The van der Waals surface area contributed by atoms with Crippen molar-refractivity contribution >= 4 is 0 Å². The number of hydrogen-bond acceptors (Lipinski definition) is 3. The van der Waals surface area contributed by atoms with Crippen molar-refractivity contribution in [3.05, 3.63) is 29.8 Å². The Morgan fingerprint density at radius 3 is 2.58 bits per heavy atom. The maximum Gasteiger partial charge on any atom is 0.148 e. The minimum Gasteiger partial charge on any atom is -0.481 e. The molecule has 3 nitrogen and oxygen atoms in total. The van der Waals surface area contributed by atoms with E-state index in [9.17, 15) is 5.11 Å². The third-order valence-corrected chi connectivity index (χ3v) is 2.89. The lowest BCUT2D eigenvalue weighted by molar-refractivity contribution is 0.102. The summed E-state index contributed by atoms with van der Waals surface area (Å²) in [6.07, 6.45) is 4.88. The van der Waals surface area contributed by atoms with Crippen LogP contribution in [0.15, 0.2) is 24.3 Å². The molecule has 0 bridgehead atoms. The van der Waals surface area contributed by atoms with E-state index in [1.54, 1.807) is 6.92 Å². The summed E-state index contributed by atoms with van der Waals surface area (Å²) in [6.45, 7) is 7.69. The van der Waals surface area contributed by atoms with Crippen LogP contribution in [0.1, 0.15) is 26.3 Å². The van der Waals surface area contributed by atoms with Crippen molar-refractivity contribution in [1.82, 2.24) is 4.90 Å². The van der Waals surface area contributed by atoms with E-state index < -0.39 is 0 Å². The van der Waals surface area contributed by atoms with E-state index in [1.807, 2.05) is 24.3 Å². The van der Waals surface area contributed by atoms with Crippen molar-refractivity contribution in [2.75, 3.05) is 13.2 Å². The molecule has 1 N–H and O–H groups in total. The Morgan fingerprint density at radius 2 is 2.00 bits per heavy atom. The first-order chi connectivity index (χ1) is 9.04. The summed E-state index contributed by atoms with van der Waals surface area (Å²) in [5, 5.41) is 9.56. The number of para-hydroxylation sites is 1. The fourth-order valence-corrected chi connectivity index (χ4v) is 1.91. The van der Waals surface area contributed by atoms with Gasteiger partial charge in [-0.25, -0.2) is 0 Å². The summed E-state index contributed by atoms with van der Waals surface area (Å²) in [4.78, 5) is 2.21. The summed E-state index contributed by atoms with van der Waals surface area (Å²) in [5.41, 5.74) is 1.09. The third-order valence-electron chi connectivity index (χ3n) is 2.89. The van der Waals surface area contributed by atoms with Gasteiger partial charge in [-0.2, -0.15) is 0 Å². The van der Waals surface area contributed by atoms with Crippen LogP contribution in [0, 0.1) is 12.3 Å². The number of benzene rings is 1. The van der Waals surface area contributed by atoms with Gasteiger partial charge < -0.3 is 9.84 Å². The molecule has 0 amide bonds. The molecule has 0 aliphatic heterocycles. The summed E-state index contributed by atoms with van der Waals surface area (Å²) in [6, 6.07) is 8.23. The van der Waals surface area contributed by atoms with Crippen molar-refractivity contribution in [2.45, 2.75) is 39.5 Å². The van der Waals surface area contributed by atoms with Crippen molar-refractivity contribution in [2.24, 2.45) is 0 Å². The van der Waals surface area contributed by atoms with E-state index in [0.717, 1.165) is 17.9 Å². The van der Waals surface area contributed by atoms with Crippen LogP contribution < -0.4 is 4.74 Å². The van der Waals surface area contributed by atoms with Gasteiger partial charge in [-0.15, -0.1) is 6.42 Å². The topological polar surface area (TPSA) is 32.7 Å². The normalized spacial score (nSPS) is 12.5. The summed E-state index contributed by atoms with van der Waals surface area (Å²) >= 11 is 0. The molecular formula is C16H23NO2. The van der Waals surface area contributed by atoms with E-state index in [0.29, 0.717) is 12.6 Å². The molecule has 1 aromatic carbocycles. The quantitative estimate of drug-likeness (QED) is 0.764. The zero-order valence-electron chi connectivity index (χ0n) is 12.0. The lowest BCUT2D eigenvalue weighted by atomic mass is 10.1. The van der Waals surface area contributed by atoms with Crippen LogP contribution in [-0.2, 0) is 6.54 Å². The fraction of sp³-hybridized carbons (Fsp3) is 0.500. The van der Waals surface area contributed by atoms with Gasteiger partial charge in [0.25, 0.3) is 0 Å². The number of hydrogen-bond donors (Lipinski definition) is 1. The second kappa shape index (κ2) is 7.83. The first kappa shape index (κ1) is 15.6. The standard InChI is InChI=1S/C16H23NO2/c1-5-10-19-16-9-7-6-8-15(16)12-17(13(2)3)11-14(4)18/h1,6-9,13-14,18H,10-12H2,2-4H3. The fourth-order valence-electron chi connectivity index (χ4n) is 1.91. The van der Waals surface area contributed by atoms with Gasteiger partial charge in [-0.05, 0) is 26.8 Å². The summed E-state index contributed by atoms with van der Waals surface area (Å²) in [7, 11) is 0. The van der Waals surface area contributed by atoms with Crippen LogP contribution in [0.5, 0.6) is 5.75 Å². The highest BCUT2D eigenvalue weighted by Gasteiger charge is 2.14. The van der Waals surface area contributed by atoms with Crippen LogP contribution in [0.25, 0.3) is 0 Å². The van der Waals surface area contributed by atoms with Crippen molar-refractivity contribution in [3.8, 4) is 18.1 Å². The molecule has 1 rings (SSSR count). The predicted octanol–water partition coefficient (Wildman–Crippen LogP) is 2.29. The molecule has 104 valence electrons. The van der Waals surface area contributed by atoms with Gasteiger partial charge in [0.15, 0.2) is 0 Å². The molecule has 1 unspecified atom stereocenters. The molecule has 1 aromatic rings. The van der Waals surface area contributed by atoms with E-state index in [1.165, 1.54) is 0 Å². The van der Waals surface area contributed by atoms with Gasteiger partial charge in [0.05, 0.1) is 6.10 Å². The maximum atomic E-state index is 9.56. The van der Waals surface area contributed by atoms with E-state index in [-0.39, 0.29) is 12.7 Å². The number of ether oxygens (including phenoxy) is 1. The van der Waals surface area contributed by atoms with Gasteiger partial charge >= 0.3 is 0 Å². The Bertz CT molecular complexity index is 421. The number of terminal acetylenes is 1. The number of aliphatic hydroxyl groups excluding tert-OH is 1. The van der Waals surface area contributed by atoms with Gasteiger partial charge in [0.1, 0.15) is 12.4 Å². The second-order valence-electron chi connectivity index (χ2n) is 4.97. The van der Waals surface area contributed by atoms with Gasteiger partial charge in [-0.1, -0.05) is 24.1 Å². The zero-order chi connectivity index (χ0) is 14.3. The molecule has 0 saturated heterocycles. The highest BCUT2D eigenvalue weighted by Crippen LogP contribution is 2.20. The summed E-state index contributed by atoms with van der Waals surface area (Å²) < 4.78 is 5.55. The van der Waals surface area contributed by atoms with E-state index in [4.69, 9.17) is 11.2 Å². The van der Waals surface area contributed by atoms with Gasteiger partial charge in [0.2, 0.25) is 0 Å². The lowest BCUT2D eigenvalue weighted by Crippen LogP contribution is -2.36. The smallest absolute Gasteiger partial charge is 0.148 e. The van der Waals surface area contributed by atoms with Gasteiger partial charge in [0, 0.05) is 24.7 Å². The molecule has 0 radical (unpaired) electrons. The average molecular weight is 261 g/mol. The Kier molecular flexibility index (Phi) is 6.41.